The van der Waals surface area contributed by atoms with Crippen molar-refractivity contribution in [3.05, 3.63) is 0 Å². The fourth-order valence-corrected chi connectivity index (χ4v) is 0.784. The number of rotatable bonds is 3. The largest absolute Gasteiger partial charge is 0.391 e. The molecule has 0 saturated heterocycles. The average molecular weight is 161 g/mol. The summed E-state index contributed by atoms with van der Waals surface area (Å²) in [4.78, 5) is 10.6. The molecule has 0 amide bonds. The number of carbonyl (C=O) groups is 1. The Morgan fingerprint density at radius 2 is 1.82 bits per heavy atom. The minimum Gasteiger partial charge on any atom is -0.391 e. The van der Waals surface area contributed by atoms with Gasteiger partial charge >= 0.3 is 0 Å². The molecule has 2 atom stereocenters. The Morgan fingerprint density at radius 3 is 1.82 bits per heavy atom. The van der Waals surface area contributed by atoms with Gasteiger partial charge in [0.2, 0.25) is 0 Å². The van der Waals surface area contributed by atoms with E-state index in [1.165, 1.54) is 6.92 Å². The lowest BCUT2D eigenvalue weighted by Gasteiger charge is -2.14. The van der Waals surface area contributed by atoms with Crippen LogP contribution in [0.5, 0.6) is 0 Å². The molecule has 0 heterocycles. The lowest BCUT2D eigenvalue weighted by Crippen LogP contribution is -2.41. The fourth-order valence-electron chi connectivity index (χ4n) is 0.784. The highest BCUT2D eigenvalue weighted by Crippen LogP contribution is 1.91. The van der Waals surface area contributed by atoms with Gasteiger partial charge in [-0.1, -0.05) is 13.8 Å². The van der Waals surface area contributed by atoms with Gasteiger partial charge in [-0.2, -0.15) is 0 Å². The summed E-state index contributed by atoms with van der Waals surface area (Å²) in [5, 5.41) is 11.6. The van der Waals surface area contributed by atoms with Gasteiger partial charge in [-0.05, 0) is 20.9 Å². The number of hydrogen-bond donors (Lipinski definition) is 2. The number of ketones is 1. The van der Waals surface area contributed by atoms with Crippen LogP contribution < -0.4 is 5.32 Å². The van der Waals surface area contributed by atoms with Crippen molar-refractivity contribution in [2.45, 2.75) is 39.8 Å². The minimum atomic E-state index is -0.604. The molecule has 3 heteroatoms. The zero-order valence-electron chi connectivity index (χ0n) is 8.01. The number of aliphatic hydroxyl groups excluding tert-OH is 1. The molecule has 0 aromatic carbocycles. The predicted molar refractivity (Wildman–Crippen MR) is 46.6 cm³/mol. The molecule has 0 aromatic rings. The van der Waals surface area contributed by atoms with Crippen LogP contribution in [0.4, 0.5) is 0 Å². The Hall–Kier alpha value is -0.410. The Kier molecular flexibility index (Phi) is 9.23. The molecular weight excluding hydrogens is 142 g/mol. The van der Waals surface area contributed by atoms with Crippen molar-refractivity contribution in [1.82, 2.24) is 5.32 Å². The van der Waals surface area contributed by atoms with Crippen LogP contribution >= 0.6 is 0 Å². The maximum atomic E-state index is 10.6. The van der Waals surface area contributed by atoms with Crippen molar-refractivity contribution in [2.24, 2.45) is 0 Å². The Balaban J connectivity index is 0. The standard InChI is InChI=1S/C6H13NO2.C2H6/c1-4(8)6(7-3)5(2)9;1-2/h4,6-8H,1-3H3;1-2H3. The van der Waals surface area contributed by atoms with E-state index < -0.39 is 12.1 Å². The summed E-state index contributed by atoms with van der Waals surface area (Å²) in [5.41, 5.74) is 0. The summed E-state index contributed by atoms with van der Waals surface area (Å²) in [7, 11) is 1.65. The van der Waals surface area contributed by atoms with Gasteiger partial charge < -0.3 is 10.4 Å². The monoisotopic (exact) mass is 161 g/mol. The van der Waals surface area contributed by atoms with E-state index in [1.807, 2.05) is 13.8 Å². The van der Waals surface area contributed by atoms with E-state index in [4.69, 9.17) is 5.11 Å². The number of carbonyl (C=O) groups excluding carboxylic acids is 1. The first kappa shape index (κ1) is 13.2. The molecule has 0 aliphatic heterocycles. The van der Waals surface area contributed by atoms with Gasteiger partial charge in [-0.3, -0.25) is 4.79 Å². The fraction of sp³-hybridized carbons (Fsp3) is 0.875. The van der Waals surface area contributed by atoms with E-state index >= 15 is 0 Å². The molecule has 0 aliphatic rings. The van der Waals surface area contributed by atoms with Crippen molar-refractivity contribution in [2.75, 3.05) is 7.05 Å². The second-order valence-corrected chi connectivity index (χ2v) is 2.12. The lowest BCUT2D eigenvalue weighted by atomic mass is 10.1. The number of hydrogen-bond acceptors (Lipinski definition) is 3. The summed E-state index contributed by atoms with van der Waals surface area (Å²) < 4.78 is 0. The summed E-state index contributed by atoms with van der Waals surface area (Å²) >= 11 is 0. The quantitative estimate of drug-likeness (QED) is 0.636. The van der Waals surface area contributed by atoms with Gasteiger partial charge in [0.25, 0.3) is 0 Å². The third-order valence-electron chi connectivity index (χ3n) is 1.23. The first-order valence-corrected chi connectivity index (χ1v) is 3.95. The molecule has 0 spiro atoms. The molecule has 0 aromatic heterocycles. The third kappa shape index (κ3) is 6.01. The summed E-state index contributed by atoms with van der Waals surface area (Å²) in [6.45, 7) is 7.04. The Bertz CT molecular complexity index is 102. The average Bonchev–Trinajstić information content (AvgIpc) is 1.91. The van der Waals surface area contributed by atoms with E-state index in [0.717, 1.165) is 0 Å². The van der Waals surface area contributed by atoms with Gasteiger partial charge in [0, 0.05) is 0 Å². The molecule has 2 N–H and O–H groups in total. The third-order valence-corrected chi connectivity index (χ3v) is 1.23. The van der Waals surface area contributed by atoms with Gasteiger partial charge in [-0.15, -0.1) is 0 Å². The molecule has 68 valence electrons. The zero-order chi connectivity index (χ0) is 9.44. The van der Waals surface area contributed by atoms with Gasteiger partial charge in [-0.25, -0.2) is 0 Å². The summed E-state index contributed by atoms with van der Waals surface area (Å²) in [6, 6.07) is -0.412. The van der Waals surface area contributed by atoms with Crippen LogP contribution in [0.1, 0.15) is 27.7 Å². The van der Waals surface area contributed by atoms with E-state index in [1.54, 1.807) is 14.0 Å². The highest BCUT2D eigenvalue weighted by molar-refractivity contribution is 5.81. The second kappa shape index (κ2) is 7.69. The van der Waals surface area contributed by atoms with Crippen molar-refractivity contribution in [1.29, 1.82) is 0 Å². The topological polar surface area (TPSA) is 49.3 Å². The molecule has 0 saturated carbocycles. The first-order valence-electron chi connectivity index (χ1n) is 3.95. The first-order chi connectivity index (χ1) is 5.09. The van der Waals surface area contributed by atoms with Crippen LogP contribution in [-0.4, -0.2) is 30.1 Å². The molecule has 0 aliphatic carbocycles. The van der Waals surface area contributed by atoms with Crippen LogP contribution in [-0.2, 0) is 4.79 Å². The molecule has 2 unspecified atom stereocenters. The SMILES string of the molecule is CC.CNC(C(C)=O)C(C)O. The van der Waals surface area contributed by atoms with E-state index in [0.29, 0.717) is 0 Å². The van der Waals surface area contributed by atoms with Crippen molar-refractivity contribution in [3.8, 4) is 0 Å². The highest BCUT2D eigenvalue weighted by atomic mass is 16.3. The molecule has 0 bridgehead atoms. The molecule has 11 heavy (non-hydrogen) atoms. The predicted octanol–water partition coefficient (Wildman–Crippen LogP) is 0.570. The van der Waals surface area contributed by atoms with Crippen molar-refractivity contribution < 1.29 is 9.90 Å². The van der Waals surface area contributed by atoms with Crippen LogP contribution in [0.25, 0.3) is 0 Å². The lowest BCUT2D eigenvalue weighted by molar-refractivity contribution is -0.121. The van der Waals surface area contributed by atoms with Crippen molar-refractivity contribution >= 4 is 5.78 Å². The van der Waals surface area contributed by atoms with E-state index in [9.17, 15) is 4.79 Å². The van der Waals surface area contributed by atoms with Crippen LogP contribution in [0.2, 0.25) is 0 Å². The molecule has 3 nitrogen and oxygen atoms in total. The van der Waals surface area contributed by atoms with E-state index in [2.05, 4.69) is 5.32 Å². The number of nitrogens with one attached hydrogen (secondary N) is 1. The maximum absolute atomic E-state index is 10.6. The van der Waals surface area contributed by atoms with Crippen LogP contribution in [0, 0.1) is 0 Å². The van der Waals surface area contributed by atoms with Crippen molar-refractivity contribution in [3.63, 3.8) is 0 Å². The molecule has 0 fully saturated rings. The highest BCUT2D eigenvalue weighted by Gasteiger charge is 2.16. The van der Waals surface area contributed by atoms with Gasteiger partial charge in [0.15, 0.2) is 0 Å². The number of Topliss-reactive ketones (excluding diaryl/α,β-unsaturated/α-hetero) is 1. The van der Waals surface area contributed by atoms with Crippen LogP contribution in [0.3, 0.4) is 0 Å². The summed E-state index contributed by atoms with van der Waals surface area (Å²) in [5.74, 6) is -0.0347. The second-order valence-electron chi connectivity index (χ2n) is 2.12. The molecule has 0 radical (unpaired) electrons. The zero-order valence-corrected chi connectivity index (χ0v) is 8.01. The smallest absolute Gasteiger partial charge is 0.149 e. The van der Waals surface area contributed by atoms with Gasteiger partial charge in [0.05, 0.1) is 12.1 Å². The molecule has 0 rings (SSSR count). The summed E-state index contributed by atoms with van der Waals surface area (Å²) in [6.07, 6.45) is -0.604. The Labute approximate surface area is 68.8 Å². The number of likely N-dealkylation sites (N-methyl/N-ethyl adjacent to an activating group) is 1. The minimum absolute atomic E-state index is 0.0347. The number of aliphatic hydroxyl groups is 1. The van der Waals surface area contributed by atoms with Gasteiger partial charge in [0.1, 0.15) is 5.78 Å². The van der Waals surface area contributed by atoms with E-state index in [-0.39, 0.29) is 5.78 Å². The molecular formula is C8H19NO2. The normalized spacial score (nSPS) is 14.4. The Morgan fingerprint density at radius 1 is 1.45 bits per heavy atom. The van der Waals surface area contributed by atoms with Crippen LogP contribution in [0.15, 0.2) is 0 Å². The maximum Gasteiger partial charge on any atom is 0.149 e.